The maximum Gasteiger partial charge on any atom is 0.0412 e. The van der Waals surface area contributed by atoms with Crippen molar-refractivity contribution < 1.29 is 0 Å². The van der Waals surface area contributed by atoms with Gasteiger partial charge in [-0.15, -0.1) is 0 Å². The predicted molar refractivity (Wildman–Crippen MR) is 39.3 cm³/mol. The molecule has 0 aliphatic heterocycles. The quantitative estimate of drug-likeness (QED) is 0.578. The highest BCUT2D eigenvalue weighted by molar-refractivity contribution is 6.30. The molecule has 9 heavy (non-hydrogen) atoms. The van der Waals surface area contributed by atoms with E-state index in [-0.39, 0.29) is 0 Å². The highest BCUT2D eigenvalue weighted by Crippen LogP contribution is 2.08. The van der Waals surface area contributed by atoms with Gasteiger partial charge in [0, 0.05) is 11.2 Å². The third kappa shape index (κ3) is 1.54. The van der Waals surface area contributed by atoms with E-state index in [9.17, 15) is 0 Å². The van der Waals surface area contributed by atoms with Gasteiger partial charge in [0.1, 0.15) is 0 Å². The minimum Gasteiger partial charge on any atom is -0.308 e. The van der Waals surface area contributed by atoms with Gasteiger partial charge < -0.3 is 5.41 Å². The molecule has 0 bridgehead atoms. The molecule has 0 aliphatic rings. The molecular weight excluding hydrogens is 134 g/mol. The first-order valence-corrected chi connectivity index (χ1v) is 2.97. The van der Waals surface area contributed by atoms with Crippen LogP contribution in [-0.2, 0) is 0 Å². The molecule has 1 aromatic rings. The van der Waals surface area contributed by atoms with Crippen LogP contribution in [0.4, 0.5) is 0 Å². The van der Waals surface area contributed by atoms with Crippen LogP contribution >= 0.6 is 11.6 Å². The van der Waals surface area contributed by atoms with Gasteiger partial charge >= 0.3 is 0 Å². The molecule has 0 atom stereocenters. The van der Waals surface area contributed by atoms with Gasteiger partial charge in [0.2, 0.25) is 0 Å². The zero-order valence-corrected chi connectivity index (χ0v) is 5.52. The fourth-order valence-corrected chi connectivity index (χ4v) is 0.795. The molecule has 0 amide bonds. The van der Waals surface area contributed by atoms with Gasteiger partial charge in [0.25, 0.3) is 0 Å². The Morgan fingerprint density at radius 1 is 1.44 bits per heavy atom. The third-order valence-electron chi connectivity index (χ3n) is 1.02. The molecule has 1 aromatic carbocycles. The molecule has 0 saturated heterocycles. The van der Waals surface area contributed by atoms with Gasteiger partial charge in [-0.2, -0.15) is 0 Å². The lowest BCUT2D eigenvalue weighted by atomic mass is 10.2. The van der Waals surface area contributed by atoms with Crippen LogP contribution in [-0.4, -0.2) is 6.21 Å². The number of rotatable bonds is 1. The molecule has 0 spiro atoms. The molecule has 1 N–H and O–H groups in total. The SMILES string of the molecule is N=Cc1cccc(Cl)c1. The second-order valence-corrected chi connectivity index (χ2v) is 2.14. The zero-order valence-electron chi connectivity index (χ0n) is 4.76. The summed E-state index contributed by atoms with van der Waals surface area (Å²) in [6, 6.07) is 7.19. The highest BCUT2D eigenvalue weighted by atomic mass is 35.5. The molecule has 0 aromatic heterocycles. The number of nitrogens with one attached hydrogen (secondary N) is 1. The van der Waals surface area contributed by atoms with Crippen LogP contribution in [0.15, 0.2) is 24.3 Å². The molecule has 0 radical (unpaired) electrons. The molecule has 0 saturated carbocycles. The van der Waals surface area contributed by atoms with Crippen molar-refractivity contribution in [3.8, 4) is 0 Å². The summed E-state index contributed by atoms with van der Waals surface area (Å²) >= 11 is 5.62. The van der Waals surface area contributed by atoms with E-state index in [1.54, 1.807) is 12.1 Å². The van der Waals surface area contributed by atoms with E-state index < -0.39 is 0 Å². The first kappa shape index (κ1) is 6.30. The second kappa shape index (κ2) is 2.65. The monoisotopic (exact) mass is 139 g/mol. The first-order valence-electron chi connectivity index (χ1n) is 2.59. The van der Waals surface area contributed by atoms with Crippen molar-refractivity contribution in [3.63, 3.8) is 0 Å². The predicted octanol–water partition coefficient (Wildman–Crippen LogP) is 2.34. The van der Waals surface area contributed by atoms with E-state index in [2.05, 4.69) is 0 Å². The topological polar surface area (TPSA) is 23.9 Å². The first-order chi connectivity index (χ1) is 4.33. The largest absolute Gasteiger partial charge is 0.308 e. The Hall–Kier alpha value is -0.820. The molecule has 0 unspecified atom stereocenters. The second-order valence-electron chi connectivity index (χ2n) is 1.70. The van der Waals surface area contributed by atoms with Crippen molar-refractivity contribution in [1.29, 1.82) is 5.41 Å². The fraction of sp³-hybridized carbons (Fsp3) is 0. The molecule has 46 valence electrons. The number of hydrogen-bond donors (Lipinski definition) is 1. The van der Waals surface area contributed by atoms with E-state index in [0.29, 0.717) is 5.02 Å². The highest BCUT2D eigenvalue weighted by Gasteiger charge is 1.86. The standard InChI is InChI=1S/C7H6ClN/c8-7-3-1-2-6(4-7)5-9/h1-5,9H. The Bertz CT molecular complexity index is 220. The van der Waals surface area contributed by atoms with Crippen molar-refractivity contribution in [3.05, 3.63) is 34.9 Å². The average molecular weight is 140 g/mol. The van der Waals surface area contributed by atoms with E-state index in [4.69, 9.17) is 17.0 Å². The van der Waals surface area contributed by atoms with E-state index in [1.165, 1.54) is 6.21 Å². The van der Waals surface area contributed by atoms with Crippen LogP contribution in [0.2, 0.25) is 5.02 Å². The van der Waals surface area contributed by atoms with Crippen molar-refractivity contribution in [2.24, 2.45) is 0 Å². The summed E-state index contributed by atoms with van der Waals surface area (Å²) in [5.74, 6) is 0. The summed E-state index contributed by atoms with van der Waals surface area (Å²) in [6.45, 7) is 0. The van der Waals surface area contributed by atoms with Crippen LogP contribution < -0.4 is 0 Å². The lowest BCUT2D eigenvalue weighted by molar-refractivity contribution is 1.54. The molecule has 0 aliphatic carbocycles. The summed E-state index contributed by atoms with van der Waals surface area (Å²) < 4.78 is 0. The van der Waals surface area contributed by atoms with Crippen LogP contribution in [0.5, 0.6) is 0 Å². The van der Waals surface area contributed by atoms with E-state index >= 15 is 0 Å². The molecule has 0 heterocycles. The zero-order chi connectivity index (χ0) is 6.69. The fourth-order valence-electron chi connectivity index (χ4n) is 0.596. The lowest BCUT2D eigenvalue weighted by Crippen LogP contribution is -1.75. The minimum atomic E-state index is 0.677. The van der Waals surface area contributed by atoms with Gasteiger partial charge in [-0.05, 0) is 17.7 Å². The summed E-state index contributed by atoms with van der Waals surface area (Å²) in [5, 5.41) is 7.53. The summed E-state index contributed by atoms with van der Waals surface area (Å²) in [5.41, 5.74) is 0.836. The molecule has 0 fully saturated rings. The summed E-state index contributed by atoms with van der Waals surface area (Å²) in [4.78, 5) is 0. The van der Waals surface area contributed by atoms with Crippen molar-refractivity contribution in [1.82, 2.24) is 0 Å². The summed E-state index contributed by atoms with van der Waals surface area (Å²) in [6.07, 6.45) is 1.27. The summed E-state index contributed by atoms with van der Waals surface area (Å²) in [7, 11) is 0. The van der Waals surface area contributed by atoms with Crippen molar-refractivity contribution >= 4 is 17.8 Å². The van der Waals surface area contributed by atoms with E-state index in [0.717, 1.165) is 5.56 Å². The molecule has 2 heteroatoms. The molecule has 1 nitrogen and oxygen atoms in total. The number of benzene rings is 1. The Morgan fingerprint density at radius 2 is 2.22 bits per heavy atom. The van der Waals surface area contributed by atoms with Crippen LogP contribution in [0.25, 0.3) is 0 Å². The average Bonchev–Trinajstić information content (AvgIpc) is 1.88. The van der Waals surface area contributed by atoms with Crippen molar-refractivity contribution in [2.45, 2.75) is 0 Å². The molecular formula is C7H6ClN. The lowest BCUT2D eigenvalue weighted by Gasteiger charge is -1.89. The van der Waals surface area contributed by atoms with Gasteiger partial charge in [-0.25, -0.2) is 0 Å². The maximum absolute atomic E-state index is 6.86. The van der Waals surface area contributed by atoms with Gasteiger partial charge in [-0.1, -0.05) is 23.7 Å². The minimum absolute atomic E-state index is 0.677. The number of halogens is 1. The Morgan fingerprint density at radius 3 is 2.67 bits per heavy atom. The van der Waals surface area contributed by atoms with Crippen LogP contribution in [0.1, 0.15) is 5.56 Å². The van der Waals surface area contributed by atoms with Gasteiger partial charge in [-0.3, -0.25) is 0 Å². The third-order valence-corrected chi connectivity index (χ3v) is 1.25. The Kier molecular flexibility index (Phi) is 1.85. The van der Waals surface area contributed by atoms with Gasteiger partial charge in [0.15, 0.2) is 0 Å². The maximum atomic E-state index is 6.86. The normalized spacial score (nSPS) is 9.00. The van der Waals surface area contributed by atoms with Gasteiger partial charge in [0.05, 0.1) is 0 Å². The van der Waals surface area contributed by atoms with Crippen molar-refractivity contribution in [2.75, 3.05) is 0 Å². The number of hydrogen-bond acceptors (Lipinski definition) is 1. The smallest absolute Gasteiger partial charge is 0.0412 e. The Balaban J connectivity index is 3.07. The molecule has 1 rings (SSSR count). The Labute approximate surface area is 58.8 Å². The van der Waals surface area contributed by atoms with E-state index in [1.807, 2.05) is 12.1 Å². The van der Waals surface area contributed by atoms with Crippen LogP contribution in [0.3, 0.4) is 0 Å². The van der Waals surface area contributed by atoms with Crippen LogP contribution in [0, 0.1) is 5.41 Å².